The predicted octanol–water partition coefficient (Wildman–Crippen LogP) is 3.80. The van der Waals surface area contributed by atoms with Crippen molar-refractivity contribution in [2.24, 2.45) is 5.92 Å². The zero-order valence-electron chi connectivity index (χ0n) is 10.2. The van der Waals surface area contributed by atoms with E-state index in [2.05, 4.69) is 5.32 Å². The van der Waals surface area contributed by atoms with Crippen LogP contribution in [0.3, 0.4) is 0 Å². The fourth-order valence-corrected chi connectivity index (χ4v) is 2.64. The van der Waals surface area contributed by atoms with Gasteiger partial charge >= 0.3 is 0 Å². The highest BCUT2D eigenvalue weighted by molar-refractivity contribution is 6.31. The van der Waals surface area contributed by atoms with E-state index in [1.807, 2.05) is 7.05 Å². The fourth-order valence-electron chi connectivity index (χ4n) is 2.38. The van der Waals surface area contributed by atoms with E-state index in [1.54, 1.807) is 12.1 Å². The Labute approximate surface area is 107 Å². The van der Waals surface area contributed by atoms with E-state index in [0.717, 1.165) is 25.2 Å². The molecule has 94 valence electrons. The SMILES string of the molecule is CNC(CCCc1c(F)cccc1Cl)C1CC1. The molecule has 1 unspecified atom stereocenters. The first-order valence-corrected chi connectivity index (χ1v) is 6.70. The van der Waals surface area contributed by atoms with Gasteiger partial charge in [0.1, 0.15) is 5.82 Å². The number of rotatable bonds is 6. The summed E-state index contributed by atoms with van der Waals surface area (Å²) in [6.45, 7) is 0. The van der Waals surface area contributed by atoms with Gasteiger partial charge in [-0.05, 0) is 57.2 Å². The molecule has 1 N–H and O–H groups in total. The topological polar surface area (TPSA) is 12.0 Å². The molecule has 0 amide bonds. The van der Waals surface area contributed by atoms with E-state index in [1.165, 1.54) is 18.9 Å². The lowest BCUT2D eigenvalue weighted by Crippen LogP contribution is -2.27. The maximum Gasteiger partial charge on any atom is 0.127 e. The van der Waals surface area contributed by atoms with Gasteiger partial charge in [0.25, 0.3) is 0 Å². The molecular formula is C14H19ClFN. The van der Waals surface area contributed by atoms with Crippen molar-refractivity contribution >= 4 is 11.6 Å². The smallest absolute Gasteiger partial charge is 0.127 e. The van der Waals surface area contributed by atoms with Crippen LogP contribution in [-0.2, 0) is 6.42 Å². The third kappa shape index (κ3) is 3.43. The van der Waals surface area contributed by atoms with Gasteiger partial charge in [-0.25, -0.2) is 4.39 Å². The van der Waals surface area contributed by atoms with Crippen LogP contribution in [0.2, 0.25) is 5.02 Å². The Balaban J connectivity index is 1.85. The number of nitrogens with one attached hydrogen (secondary N) is 1. The van der Waals surface area contributed by atoms with Crippen LogP contribution in [0.15, 0.2) is 18.2 Å². The molecule has 1 fully saturated rings. The molecule has 17 heavy (non-hydrogen) atoms. The minimum absolute atomic E-state index is 0.176. The van der Waals surface area contributed by atoms with Crippen molar-refractivity contribution in [3.8, 4) is 0 Å². The van der Waals surface area contributed by atoms with E-state index in [4.69, 9.17) is 11.6 Å². The Morgan fingerprint density at radius 2 is 2.24 bits per heavy atom. The standard InChI is InChI=1S/C14H19ClFN/c1-17-14(10-8-9-10)7-2-4-11-12(15)5-3-6-13(11)16/h3,5-6,10,14,17H,2,4,7-9H2,1H3. The molecule has 2 rings (SSSR count). The van der Waals surface area contributed by atoms with Crippen molar-refractivity contribution in [3.63, 3.8) is 0 Å². The minimum Gasteiger partial charge on any atom is -0.317 e. The van der Waals surface area contributed by atoms with Crippen LogP contribution in [0, 0.1) is 11.7 Å². The second-order valence-electron chi connectivity index (χ2n) is 4.83. The molecule has 1 nitrogen and oxygen atoms in total. The molecule has 0 aliphatic heterocycles. The summed E-state index contributed by atoms with van der Waals surface area (Å²) < 4.78 is 13.5. The number of hydrogen-bond donors (Lipinski definition) is 1. The largest absolute Gasteiger partial charge is 0.317 e. The lowest BCUT2D eigenvalue weighted by Gasteiger charge is -2.15. The molecule has 1 aromatic carbocycles. The quantitative estimate of drug-likeness (QED) is 0.815. The molecule has 1 aliphatic rings. The van der Waals surface area contributed by atoms with Crippen LogP contribution in [0.5, 0.6) is 0 Å². The molecular weight excluding hydrogens is 237 g/mol. The van der Waals surface area contributed by atoms with Gasteiger partial charge in [0.05, 0.1) is 0 Å². The molecule has 0 heterocycles. The zero-order chi connectivity index (χ0) is 12.3. The van der Waals surface area contributed by atoms with Crippen molar-refractivity contribution in [2.45, 2.75) is 38.1 Å². The third-order valence-electron chi connectivity index (χ3n) is 3.57. The Bertz CT molecular complexity index is 356. The molecule has 1 aliphatic carbocycles. The van der Waals surface area contributed by atoms with Crippen molar-refractivity contribution in [3.05, 3.63) is 34.6 Å². The fraction of sp³-hybridized carbons (Fsp3) is 0.571. The molecule has 0 radical (unpaired) electrons. The second kappa shape index (κ2) is 5.83. The highest BCUT2D eigenvalue weighted by Crippen LogP contribution is 2.34. The molecule has 3 heteroatoms. The Morgan fingerprint density at radius 3 is 2.82 bits per heavy atom. The van der Waals surface area contributed by atoms with Crippen LogP contribution < -0.4 is 5.32 Å². The molecule has 1 saturated carbocycles. The van der Waals surface area contributed by atoms with Gasteiger partial charge in [0.2, 0.25) is 0 Å². The first-order chi connectivity index (χ1) is 8.22. The highest BCUT2D eigenvalue weighted by Gasteiger charge is 2.29. The first kappa shape index (κ1) is 12.8. The van der Waals surface area contributed by atoms with Crippen LogP contribution >= 0.6 is 11.6 Å². The van der Waals surface area contributed by atoms with E-state index in [9.17, 15) is 4.39 Å². The summed E-state index contributed by atoms with van der Waals surface area (Å²) in [6.07, 6.45) is 5.50. The molecule has 0 aromatic heterocycles. The van der Waals surface area contributed by atoms with E-state index < -0.39 is 0 Å². The first-order valence-electron chi connectivity index (χ1n) is 6.32. The van der Waals surface area contributed by atoms with Crippen LogP contribution in [0.1, 0.15) is 31.2 Å². The average molecular weight is 256 g/mol. The monoisotopic (exact) mass is 255 g/mol. The van der Waals surface area contributed by atoms with Crippen molar-refractivity contribution in [2.75, 3.05) is 7.05 Å². The minimum atomic E-state index is -0.176. The summed E-state index contributed by atoms with van der Waals surface area (Å²) in [7, 11) is 2.01. The highest BCUT2D eigenvalue weighted by atomic mass is 35.5. The van der Waals surface area contributed by atoms with Crippen LogP contribution in [0.25, 0.3) is 0 Å². The number of hydrogen-bond acceptors (Lipinski definition) is 1. The summed E-state index contributed by atoms with van der Waals surface area (Å²) in [5.74, 6) is 0.668. The van der Waals surface area contributed by atoms with E-state index in [0.29, 0.717) is 16.6 Å². The van der Waals surface area contributed by atoms with Crippen LogP contribution in [0.4, 0.5) is 4.39 Å². The van der Waals surface area contributed by atoms with Gasteiger partial charge in [-0.3, -0.25) is 0 Å². The van der Waals surface area contributed by atoms with Gasteiger partial charge in [0.15, 0.2) is 0 Å². The Morgan fingerprint density at radius 1 is 1.47 bits per heavy atom. The maximum absolute atomic E-state index is 13.5. The summed E-state index contributed by atoms with van der Waals surface area (Å²) in [6, 6.07) is 5.50. The van der Waals surface area contributed by atoms with Gasteiger partial charge in [-0.15, -0.1) is 0 Å². The number of benzene rings is 1. The molecule has 1 atom stereocenters. The Kier molecular flexibility index (Phi) is 4.41. The van der Waals surface area contributed by atoms with Crippen molar-refractivity contribution in [1.82, 2.24) is 5.32 Å². The third-order valence-corrected chi connectivity index (χ3v) is 3.92. The normalized spacial score (nSPS) is 17.1. The summed E-state index contributed by atoms with van der Waals surface area (Å²) in [5, 5.41) is 3.91. The maximum atomic E-state index is 13.5. The molecule has 1 aromatic rings. The lowest BCUT2D eigenvalue weighted by molar-refractivity contribution is 0.454. The average Bonchev–Trinajstić information content (AvgIpc) is 3.12. The molecule has 0 spiro atoms. The number of halogens is 2. The molecule has 0 saturated heterocycles. The van der Waals surface area contributed by atoms with Gasteiger partial charge in [-0.2, -0.15) is 0 Å². The summed E-state index contributed by atoms with van der Waals surface area (Å²) in [4.78, 5) is 0. The van der Waals surface area contributed by atoms with Crippen LogP contribution in [-0.4, -0.2) is 13.1 Å². The van der Waals surface area contributed by atoms with Gasteiger partial charge in [-0.1, -0.05) is 17.7 Å². The van der Waals surface area contributed by atoms with E-state index >= 15 is 0 Å². The van der Waals surface area contributed by atoms with Gasteiger partial charge < -0.3 is 5.32 Å². The van der Waals surface area contributed by atoms with Crippen molar-refractivity contribution < 1.29 is 4.39 Å². The van der Waals surface area contributed by atoms with Gasteiger partial charge in [0, 0.05) is 16.6 Å². The summed E-state index contributed by atoms with van der Waals surface area (Å²) in [5.41, 5.74) is 0.666. The Hall–Kier alpha value is -0.600. The molecule has 0 bridgehead atoms. The summed E-state index contributed by atoms with van der Waals surface area (Å²) >= 11 is 6.00. The second-order valence-corrected chi connectivity index (χ2v) is 5.23. The van der Waals surface area contributed by atoms with Crippen molar-refractivity contribution in [1.29, 1.82) is 0 Å². The van der Waals surface area contributed by atoms with E-state index in [-0.39, 0.29) is 5.82 Å². The lowest BCUT2D eigenvalue weighted by atomic mass is 10.0. The zero-order valence-corrected chi connectivity index (χ0v) is 10.9. The predicted molar refractivity (Wildman–Crippen MR) is 69.9 cm³/mol.